The van der Waals surface area contributed by atoms with Gasteiger partial charge in [-0.2, -0.15) is 13.2 Å². The monoisotopic (exact) mass is 410 g/mol. The van der Waals surface area contributed by atoms with E-state index in [2.05, 4.69) is 5.32 Å². The summed E-state index contributed by atoms with van der Waals surface area (Å²) >= 11 is 0. The predicted molar refractivity (Wildman–Crippen MR) is 102 cm³/mol. The Bertz CT molecular complexity index is 869. The van der Waals surface area contributed by atoms with Crippen LogP contribution in [0, 0.1) is 0 Å². The Hall–Kier alpha value is -3.23. The number of ether oxygens (including phenoxy) is 2. The topological polar surface area (TPSA) is 76.7 Å². The summed E-state index contributed by atoms with van der Waals surface area (Å²) in [5, 5.41) is 4.34. The van der Waals surface area contributed by atoms with Crippen molar-refractivity contribution in [3.8, 4) is 11.5 Å². The molecule has 29 heavy (non-hydrogen) atoms. The molecule has 0 aliphatic carbocycles. The van der Waals surface area contributed by atoms with Crippen molar-refractivity contribution in [1.29, 1.82) is 0 Å². The van der Waals surface area contributed by atoms with Crippen LogP contribution in [0.4, 0.5) is 24.5 Å². The van der Waals surface area contributed by atoms with Gasteiger partial charge in [0, 0.05) is 17.8 Å². The molecule has 156 valence electrons. The van der Waals surface area contributed by atoms with Gasteiger partial charge in [0.05, 0.1) is 13.7 Å². The van der Waals surface area contributed by atoms with E-state index in [0.29, 0.717) is 24.5 Å². The molecule has 9 heteroatoms. The lowest BCUT2D eigenvalue weighted by Gasteiger charge is -2.12. The van der Waals surface area contributed by atoms with Crippen molar-refractivity contribution in [1.82, 2.24) is 0 Å². The average molecular weight is 410 g/mol. The molecule has 0 bridgehead atoms. The van der Waals surface area contributed by atoms with Crippen molar-refractivity contribution >= 4 is 23.2 Å². The Kier molecular flexibility index (Phi) is 7.46. The van der Waals surface area contributed by atoms with E-state index in [-0.39, 0.29) is 23.7 Å². The van der Waals surface area contributed by atoms with Gasteiger partial charge in [0.15, 0.2) is 11.5 Å². The van der Waals surface area contributed by atoms with Crippen molar-refractivity contribution in [2.24, 2.45) is 0 Å². The number of nitrogens with one attached hydrogen (secondary N) is 2. The zero-order valence-corrected chi connectivity index (χ0v) is 15.9. The summed E-state index contributed by atoms with van der Waals surface area (Å²) in [6, 6.07) is 10.9. The van der Waals surface area contributed by atoms with Crippen LogP contribution in [0.1, 0.15) is 18.9 Å². The zero-order valence-electron chi connectivity index (χ0n) is 15.9. The highest BCUT2D eigenvalue weighted by atomic mass is 19.4. The standard InChI is InChI=1S/C20H21F3N2O4/c1-3-29-16-9-7-13(11-17(16)28-2)8-10-18(26)24-14-5-4-6-15(12-14)25-19(27)20(21,22)23/h4-7,9,11-12H,3,8,10H2,1-2H3,(H,24,26)(H,25,27). The molecule has 0 aliphatic heterocycles. The van der Waals surface area contributed by atoms with Crippen LogP contribution < -0.4 is 20.1 Å². The minimum Gasteiger partial charge on any atom is -0.493 e. The number of carbonyl (C=O) groups is 2. The molecule has 0 saturated carbocycles. The highest BCUT2D eigenvalue weighted by Gasteiger charge is 2.38. The molecule has 0 atom stereocenters. The van der Waals surface area contributed by atoms with E-state index in [0.717, 1.165) is 5.56 Å². The van der Waals surface area contributed by atoms with Crippen molar-refractivity contribution in [3.63, 3.8) is 0 Å². The number of rotatable bonds is 8. The highest BCUT2D eigenvalue weighted by molar-refractivity contribution is 5.96. The summed E-state index contributed by atoms with van der Waals surface area (Å²) in [7, 11) is 1.53. The number of benzene rings is 2. The first kappa shape index (κ1) is 22.1. The average Bonchev–Trinajstić information content (AvgIpc) is 2.67. The van der Waals surface area contributed by atoms with E-state index < -0.39 is 12.1 Å². The molecule has 2 N–H and O–H groups in total. The number of carbonyl (C=O) groups excluding carboxylic acids is 2. The Balaban J connectivity index is 1.94. The second-order valence-electron chi connectivity index (χ2n) is 6.00. The van der Waals surface area contributed by atoms with E-state index in [1.54, 1.807) is 17.4 Å². The lowest BCUT2D eigenvalue weighted by molar-refractivity contribution is -0.167. The SMILES string of the molecule is CCOc1ccc(CCC(=O)Nc2cccc(NC(=O)C(F)(F)F)c2)cc1OC. The Morgan fingerprint density at radius 3 is 2.31 bits per heavy atom. The van der Waals surface area contributed by atoms with Crippen LogP contribution in [-0.4, -0.2) is 31.7 Å². The number of halogens is 3. The maximum Gasteiger partial charge on any atom is 0.471 e. The van der Waals surface area contributed by atoms with Crippen molar-refractivity contribution in [2.45, 2.75) is 25.9 Å². The lowest BCUT2D eigenvalue weighted by atomic mass is 10.1. The highest BCUT2D eigenvalue weighted by Crippen LogP contribution is 2.28. The maximum absolute atomic E-state index is 12.3. The van der Waals surface area contributed by atoms with Gasteiger partial charge in [-0.05, 0) is 49.2 Å². The summed E-state index contributed by atoms with van der Waals surface area (Å²) in [6.45, 7) is 2.36. The summed E-state index contributed by atoms with van der Waals surface area (Å²) in [5.41, 5.74) is 1.08. The van der Waals surface area contributed by atoms with Crippen molar-refractivity contribution < 1.29 is 32.2 Å². The second kappa shape index (κ2) is 9.81. The van der Waals surface area contributed by atoms with E-state index in [9.17, 15) is 22.8 Å². The van der Waals surface area contributed by atoms with Crippen LogP contribution in [0.2, 0.25) is 0 Å². The number of methoxy groups -OCH3 is 1. The van der Waals surface area contributed by atoms with Gasteiger partial charge < -0.3 is 20.1 Å². The Morgan fingerprint density at radius 2 is 1.69 bits per heavy atom. The van der Waals surface area contributed by atoms with E-state index in [1.807, 2.05) is 13.0 Å². The van der Waals surface area contributed by atoms with Crippen LogP contribution in [0.15, 0.2) is 42.5 Å². The molecule has 0 saturated heterocycles. The Morgan fingerprint density at radius 1 is 1.00 bits per heavy atom. The molecule has 0 aromatic heterocycles. The van der Waals surface area contributed by atoms with E-state index in [1.165, 1.54) is 31.4 Å². The first-order chi connectivity index (χ1) is 13.7. The van der Waals surface area contributed by atoms with E-state index in [4.69, 9.17) is 9.47 Å². The molecule has 0 radical (unpaired) electrons. The van der Waals surface area contributed by atoms with Gasteiger partial charge in [-0.25, -0.2) is 0 Å². The molecule has 0 spiro atoms. The van der Waals surface area contributed by atoms with E-state index >= 15 is 0 Å². The Labute approximate surface area is 166 Å². The summed E-state index contributed by atoms with van der Waals surface area (Å²) < 4.78 is 47.7. The first-order valence-corrected chi connectivity index (χ1v) is 8.80. The molecule has 2 aromatic carbocycles. The van der Waals surface area contributed by atoms with Gasteiger partial charge in [-0.1, -0.05) is 12.1 Å². The smallest absolute Gasteiger partial charge is 0.471 e. The fraction of sp³-hybridized carbons (Fsp3) is 0.300. The molecule has 2 rings (SSSR count). The number of aryl methyl sites for hydroxylation is 1. The molecule has 0 heterocycles. The number of amides is 2. The third-order valence-electron chi connectivity index (χ3n) is 3.83. The summed E-state index contributed by atoms with van der Waals surface area (Å²) in [5.74, 6) is -1.22. The van der Waals surface area contributed by atoms with Gasteiger partial charge in [0.25, 0.3) is 0 Å². The molecule has 2 amide bonds. The third-order valence-corrected chi connectivity index (χ3v) is 3.83. The van der Waals surface area contributed by atoms with Gasteiger partial charge >= 0.3 is 12.1 Å². The number of alkyl halides is 3. The van der Waals surface area contributed by atoms with Gasteiger partial charge in [-0.15, -0.1) is 0 Å². The number of anilines is 2. The fourth-order valence-electron chi connectivity index (χ4n) is 2.50. The number of hydrogen-bond acceptors (Lipinski definition) is 4. The summed E-state index contributed by atoms with van der Waals surface area (Å²) in [6.07, 6.45) is -4.41. The van der Waals surface area contributed by atoms with Gasteiger partial charge in [-0.3, -0.25) is 9.59 Å². The van der Waals surface area contributed by atoms with Crippen LogP contribution in [0.5, 0.6) is 11.5 Å². The molecule has 6 nitrogen and oxygen atoms in total. The van der Waals surface area contributed by atoms with Crippen molar-refractivity contribution in [2.75, 3.05) is 24.4 Å². The quantitative estimate of drug-likeness (QED) is 0.685. The van der Waals surface area contributed by atoms with Crippen LogP contribution in [0.3, 0.4) is 0 Å². The van der Waals surface area contributed by atoms with Crippen LogP contribution >= 0.6 is 0 Å². The lowest BCUT2D eigenvalue weighted by Crippen LogP contribution is -2.29. The minimum atomic E-state index is -4.99. The minimum absolute atomic E-state index is 0.0682. The molecule has 2 aromatic rings. The third kappa shape index (κ3) is 6.70. The normalized spacial score (nSPS) is 10.9. The van der Waals surface area contributed by atoms with Crippen LogP contribution in [0.25, 0.3) is 0 Å². The molecule has 0 unspecified atom stereocenters. The largest absolute Gasteiger partial charge is 0.493 e. The van der Waals surface area contributed by atoms with Gasteiger partial charge in [0.1, 0.15) is 0 Å². The maximum atomic E-state index is 12.3. The van der Waals surface area contributed by atoms with Crippen LogP contribution in [-0.2, 0) is 16.0 Å². The first-order valence-electron chi connectivity index (χ1n) is 8.80. The molecular formula is C20H21F3N2O4. The van der Waals surface area contributed by atoms with Crippen molar-refractivity contribution in [3.05, 3.63) is 48.0 Å². The fourth-order valence-corrected chi connectivity index (χ4v) is 2.50. The second-order valence-corrected chi connectivity index (χ2v) is 6.00. The molecule has 0 aliphatic rings. The predicted octanol–water partition coefficient (Wildman–Crippen LogP) is 4.17. The zero-order chi connectivity index (χ0) is 21.4. The molecular weight excluding hydrogens is 389 g/mol. The summed E-state index contributed by atoms with van der Waals surface area (Å²) in [4.78, 5) is 23.2. The van der Waals surface area contributed by atoms with Gasteiger partial charge in [0.2, 0.25) is 5.91 Å². The molecule has 0 fully saturated rings. The number of hydrogen-bond donors (Lipinski definition) is 2.